The highest BCUT2D eigenvalue weighted by atomic mass is 16.1. The Morgan fingerprint density at radius 3 is 2.53 bits per heavy atom. The van der Waals surface area contributed by atoms with Crippen LogP contribution in [0.3, 0.4) is 0 Å². The van der Waals surface area contributed by atoms with E-state index < -0.39 is 5.91 Å². The number of nitrogens with two attached hydrogens (primary N) is 1. The number of nitrogens with zero attached hydrogens (tertiary/aromatic N) is 7. The minimum atomic E-state index is -0.667. The molecule has 0 radical (unpaired) electrons. The lowest BCUT2D eigenvalue weighted by Gasteiger charge is -2.34. The quantitative estimate of drug-likeness (QED) is 0.338. The van der Waals surface area contributed by atoms with Crippen LogP contribution in [0.15, 0.2) is 59.8 Å². The van der Waals surface area contributed by atoms with E-state index in [0.717, 1.165) is 62.0 Å². The average Bonchev–Trinajstić information content (AvgIpc) is 3.88. The average molecular weight is 580 g/mol. The van der Waals surface area contributed by atoms with Crippen LogP contribution in [0.2, 0.25) is 0 Å². The molecule has 0 spiro atoms. The molecule has 7 rings (SSSR count). The number of pyridine rings is 2. The minimum Gasteiger partial charge on any atom is -0.368 e. The molecule has 11 nitrogen and oxygen atoms in total. The van der Waals surface area contributed by atoms with Gasteiger partial charge < -0.3 is 30.3 Å². The lowest BCUT2D eigenvalue weighted by molar-refractivity contribution is 0.0996. The summed E-state index contributed by atoms with van der Waals surface area (Å²) in [6.45, 7) is 5.30. The van der Waals surface area contributed by atoms with Crippen molar-refractivity contribution < 1.29 is 4.79 Å². The number of carbonyl (C=O) groups excluding carboxylic acids is 1. The Hall–Kier alpha value is -4.51. The van der Waals surface area contributed by atoms with E-state index in [4.69, 9.17) is 10.7 Å². The first kappa shape index (κ1) is 27.3. The normalized spacial score (nSPS) is 19.5. The minimum absolute atomic E-state index is 0.00781. The van der Waals surface area contributed by atoms with Gasteiger partial charge in [-0.2, -0.15) is 0 Å². The molecule has 3 aromatic heterocycles. The van der Waals surface area contributed by atoms with E-state index in [0.29, 0.717) is 24.1 Å². The Bertz CT molecular complexity index is 1710. The fraction of sp³-hybridized carbons (Fsp3) is 0.406. The van der Waals surface area contributed by atoms with Crippen LogP contribution < -0.4 is 26.4 Å². The first-order valence-corrected chi connectivity index (χ1v) is 15.2. The number of rotatable bonds is 7. The highest BCUT2D eigenvalue weighted by molar-refractivity contribution is 5.96. The van der Waals surface area contributed by atoms with Crippen molar-refractivity contribution in [2.24, 2.45) is 5.73 Å². The largest absolute Gasteiger partial charge is 0.368 e. The van der Waals surface area contributed by atoms with Crippen LogP contribution in [0.5, 0.6) is 0 Å². The van der Waals surface area contributed by atoms with E-state index in [1.165, 1.54) is 18.4 Å². The molecular formula is C32H37N9O2. The van der Waals surface area contributed by atoms with E-state index in [2.05, 4.69) is 55.2 Å². The van der Waals surface area contributed by atoms with E-state index in [-0.39, 0.29) is 23.1 Å². The number of anilines is 4. The molecule has 3 fully saturated rings. The van der Waals surface area contributed by atoms with Gasteiger partial charge in [-0.05, 0) is 73.9 Å². The molecule has 2 aliphatic heterocycles. The summed E-state index contributed by atoms with van der Waals surface area (Å²) in [5.74, 6) is 1.42. The topological polar surface area (TPSA) is 126 Å². The van der Waals surface area contributed by atoms with E-state index in [1.54, 1.807) is 6.20 Å². The molecule has 1 amide bonds. The van der Waals surface area contributed by atoms with Gasteiger partial charge in [0.2, 0.25) is 0 Å². The summed E-state index contributed by atoms with van der Waals surface area (Å²) in [5, 5.41) is 4.93. The van der Waals surface area contributed by atoms with Crippen molar-refractivity contribution in [3.63, 3.8) is 0 Å². The van der Waals surface area contributed by atoms with Gasteiger partial charge in [0.15, 0.2) is 11.5 Å². The molecule has 1 aliphatic carbocycles. The summed E-state index contributed by atoms with van der Waals surface area (Å²) in [6.07, 6.45) is 9.61. The standard InChI is InChI=1S/C32H37N9O2/c1-38-13-15-39(16-14-38)24-7-9-27(34-18-24)36-31-29(30(33)42)35-19-28(37-31)40-11-2-3-25(20-40)41-12-10-23-17-22(21-4-5-21)6-8-26(23)32(41)43/h6-10,12,17-19,21,25H,2-5,11,13-16,20H2,1H3,(H2,33,42)(H,34,36,37). The van der Waals surface area contributed by atoms with Gasteiger partial charge in [0.1, 0.15) is 11.6 Å². The van der Waals surface area contributed by atoms with Gasteiger partial charge in [-0.1, -0.05) is 12.1 Å². The lowest BCUT2D eigenvalue weighted by atomic mass is 10.0. The predicted octanol–water partition coefficient (Wildman–Crippen LogP) is 3.50. The van der Waals surface area contributed by atoms with Crippen molar-refractivity contribution in [3.05, 3.63) is 76.6 Å². The molecule has 0 bridgehead atoms. The molecule has 3 N–H and O–H groups in total. The van der Waals surface area contributed by atoms with Crippen LogP contribution in [0.1, 0.15) is 53.7 Å². The Labute approximate surface area is 250 Å². The summed E-state index contributed by atoms with van der Waals surface area (Å²) in [5.41, 5.74) is 8.13. The zero-order valence-corrected chi connectivity index (χ0v) is 24.4. The summed E-state index contributed by atoms with van der Waals surface area (Å²) in [6, 6.07) is 12.2. The lowest BCUT2D eigenvalue weighted by Crippen LogP contribution is -2.44. The Kier molecular flexibility index (Phi) is 7.18. The second-order valence-electron chi connectivity index (χ2n) is 12.0. The fourth-order valence-corrected chi connectivity index (χ4v) is 6.26. The number of carbonyl (C=O) groups is 1. The second-order valence-corrected chi connectivity index (χ2v) is 12.0. The summed E-state index contributed by atoms with van der Waals surface area (Å²) >= 11 is 0. The summed E-state index contributed by atoms with van der Waals surface area (Å²) in [4.78, 5) is 46.2. The number of fused-ring (bicyclic) bond motifs is 1. The van der Waals surface area contributed by atoms with E-state index in [9.17, 15) is 9.59 Å². The van der Waals surface area contributed by atoms with Crippen molar-refractivity contribution in [2.75, 3.05) is 61.4 Å². The van der Waals surface area contributed by atoms with Crippen LogP contribution in [0.4, 0.5) is 23.1 Å². The molecule has 222 valence electrons. The molecule has 11 heteroatoms. The van der Waals surface area contributed by atoms with Crippen molar-refractivity contribution in [3.8, 4) is 0 Å². The molecular weight excluding hydrogens is 542 g/mol. The van der Waals surface area contributed by atoms with Crippen LogP contribution in [-0.4, -0.2) is 76.6 Å². The molecule has 4 aromatic rings. The molecule has 1 saturated carbocycles. The third-order valence-electron chi connectivity index (χ3n) is 8.97. The number of likely N-dealkylation sites (N-methyl/N-ethyl adjacent to an activating group) is 1. The van der Waals surface area contributed by atoms with Crippen LogP contribution in [-0.2, 0) is 0 Å². The molecule has 2 saturated heterocycles. The molecule has 3 aliphatic rings. The molecule has 5 heterocycles. The highest BCUT2D eigenvalue weighted by Gasteiger charge is 2.26. The van der Waals surface area contributed by atoms with Crippen LogP contribution >= 0.6 is 0 Å². The van der Waals surface area contributed by atoms with Crippen molar-refractivity contribution >= 4 is 39.8 Å². The first-order valence-electron chi connectivity index (χ1n) is 15.2. The number of amides is 1. The molecule has 1 atom stereocenters. The third kappa shape index (κ3) is 5.64. The number of piperazine rings is 1. The second kappa shape index (κ2) is 11.3. The zero-order valence-electron chi connectivity index (χ0n) is 24.4. The zero-order chi connectivity index (χ0) is 29.5. The molecule has 1 unspecified atom stereocenters. The summed E-state index contributed by atoms with van der Waals surface area (Å²) < 4.78 is 1.86. The maximum absolute atomic E-state index is 13.5. The smallest absolute Gasteiger partial charge is 0.271 e. The number of piperidine rings is 1. The highest BCUT2D eigenvalue weighted by Crippen LogP contribution is 2.40. The van der Waals surface area contributed by atoms with Gasteiger partial charge in [-0.25, -0.2) is 15.0 Å². The van der Waals surface area contributed by atoms with Crippen LogP contribution in [0.25, 0.3) is 10.8 Å². The van der Waals surface area contributed by atoms with Crippen molar-refractivity contribution in [1.82, 2.24) is 24.4 Å². The van der Waals surface area contributed by atoms with Gasteiger partial charge in [0.25, 0.3) is 11.5 Å². The number of benzene rings is 1. The van der Waals surface area contributed by atoms with Gasteiger partial charge in [0, 0.05) is 50.9 Å². The van der Waals surface area contributed by atoms with Gasteiger partial charge >= 0.3 is 0 Å². The van der Waals surface area contributed by atoms with E-state index >= 15 is 0 Å². The Balaban J connectivity index is 1.10. The summed E-state index contributed by atoms with van der Waals surface area (Å²) in [7, 11) is 2.13. The number of primary amides is 1. The van der Waals surface area contributed by atoms with Gasteiger partial charge in [-0.3, -0.25) is 9.59 Å². The van der Waals surface area contributed by atoms with Gasteiger partial charge in [-0.15, -0.1) is 0 Å². The van der Waals surface area contributed by atoms with Crippen molar-refractivity contribution in [1.29, 1.82) is 0 Å². The maximum Gasteiger partial charge on any atom is 0.271 e. The number of aromatic nitrogens is 4. The van der Waals surface area contributed by atoms with Crippen molar-refractivity contribution in [2.45, 2.75) is 37.6 Å². The molecule has 1 aromatic carbocycles. The Morgan fingerprint density at radius 1 is 0.953 bits per heavy atom. The number of hydrogen-bond donors (Lipinski definition) is 2. The SMILES string of the molecule is CN1CCN(c2ccc(Nc3nc(N4CCCC(n5ccc6cc(C7CC7)ccc6c5=O)C4)cnc3C(N)=O)nc2)CC1. The monoisotopic (exact) mass is 579 g/mol. The maximum atomic E-state index is 13.5. The Morgan fingerprint density at radius 2 is 1.79 bits per heavy atom. The molecule has 43 heavy (non-hydrogen) atoms. The fourth-order valence-electron chi connectivity index (χ4n) is 6.26. The third-order valence-corrected chi connectivity index (χ3v) is 8.97. The number of hydrogen-bond acceptors (Lipinski definition) is 9. The number of nitrogens with one attached hydrogen (secondary N) is 1. The van der Waals surface area contributed by atoms with Crippen LogP contribution in [0, 0.1) is 0 Å². The van der Waals surface area contributed by atoms with E-state index in [1.807, 2.05) is 35.2 Å². The van der Waals surface area contributed by atoms with Gasteiger partial charge in [0.05, 0.1) is 24.1 Å². The first-order chi connectivity index (χ1) is 20.9. The predicted molar refractivity (Wildman–Crippen MR) is 168 cm³/mol.